The molecule has 0 spiro atoms. The van der Waals surface area contributed by atoms with Crippen LogP contribution in [0.25, 0.3) is 22.3 Å². The van der Waals surface area contributed by atoms with Gasteiger partial charge in [-0.15, -0.1) is 0 Å². The molecule has 0 radical (unpaired) electrons. The molecule has 0 aliphatic heterocycles. The van der Waals surface area contributed by atoms with Gasteiger partial charge in [0.1, 0.15) is 22.9 Å². The third kappa shape index (κ3) is 6.78. The van der Waals surface area contributed by atoms with E-state index in [4.69, 9.17) is 0 Å². The van der Waals surface area contributed by atoms with Gasteiger partial charge >= 0.3 is 6.11 Å². The van der Waals surface area contributed by atoms with E-state index >= 15 is 0 Å². The summed E-state index contributed by atoms with van der Waals surface area (Å²) in [5, 5.41) is 9.72. The molecule has 4 aromatic rings. The summed E-state index contributed by atoms with van der Waals surface area (Å²) in [6, 6.07) is 16.4. The van der Waals surface area contributed by atoms with Crippen LogP contribution in [-0.2, 0) is 6.11 Å². The number of ether oxygens (including phenoxy) is 1. The van der Waals surface area contributed by atoms with Crippen LogP contribution in [0.5, 0.6) is 5.75 Å². The summed E-state index contributed by atoms with van der Waals surface area (Å²) in [5.41, 5.74) is 1.54. The average Bonchev–Trinajstić information content (AvgIpc) is 2.97. The van der Waals surface area contributed by atoms with Gasteiger partial charge in [0, 0.05) is 12.1 Å². The third-order valence-electron chi connectivity index (χ3n) is 7.17. The van der Waals surface area contributed by atoms with E-state index in [0.29, 0.717) is 23.6 Å². The molecule has 4 aromatic carbocycles. The molecule has 222 valence electrons. The van der Waals surface area contributed by atoms with Crippen LogP contribution >= 0.6 is 0 Å². The van der Waals surface area contributed by atoms with Crippen LogP contribution < -0.4 is 4.74 Å². The maximum absolute atomic E-state index is 14.8. The van der Waals surface area contributed by atoms with Crippen LogP contribution in [0.2, 0.25) is 0 Å². The lowest BCUT2D eigenvalue weighted by Gasteiger charge is -2.25. The molecule has 1 N–H and O–H groups in total. The fourth-order valence-electron chi connectivity index (χ4n) is 5.02. The summed E-state index contributed by atoms with van der Waals surface area (Å²) in [5.74, 6) is -9.52. The molecule has 1 aliphatic rings. The van der Waals surface area contributed by atoms with E-state index in [1.165, 1.54) is 5.56 Å². The van der Waals surface area contributed by atoms with Gasteiger partial charge in [-0.05, 0) is 71.6 Å². The van der Waals surface area contributed by atoms with Crippen molar-refractivity contribution in [3.05, 3.63) is 113 Å². The molecule has 0 aromatic heterocycles. The third-order valence-corrected chi connectivity index (χ3v) is 7.17. The van der Waals surface area contributed by atoms with Crippen LogP contribution in [0.15, 0.2) is 72.8 Å². The first-order chi connectivity index (χ1) is 20.0. The molecule has 2 nitrogen and oxygen atoms in total. The molecule has 0 unspecified atom stereocenters. The number of benzene rings is 4. The lowest BCUT2D eigenvalue weighted by atomic mass is 9.82. The van der Waals surface area contributed by atoms with Crippen LogP contribution in [0.4, 0.5) is 30.7 Å². The first-order valence-corrected chi connectivity index (χ1v) is 13.6. The molecule has 1 fully saturated rings. The van der Waals surface area contributed by atoms with Gasteiger partial charge in [0.15, 0.2) is 17.5 Å². The van der Waals surface area contributed by atoms with Gasteiger partial charge in [-0.1, -0.05) is 62.4 Å². The molecule has 9 heteroatoms. The number of alkyl halides is 2. The van der Waals surface area contributed by atoms with E-state index in [-0.39, 0.29) is 23.8 Å². The molecule has 42 heavy (non-hydrogen) atoms. The van der Waals surface area contributed by atoms with Crippen molar-refractivity contribution in [3.8, 4) is 28.0 Å². The Bertz CT molecular complexity index is 1460. The zero-order chi connectivity index (χ0) is 30.6. The maximum Gasteiger partial charge on any atom is 0.432 e. The zero-order valence-electron chi connectivity index (χ0n) is 22.9. The number of rotatable bonds is 6. The number of aliphatic hydroxyl groups is 1. The molecular weight excluding hydrogens is 561 g/mol. The van der Waals surface area contributed by atoms with Crippen molar-refractivity contribution in [2.45, 2.75) is 57.7 Å². The van der Waals surface area contributed by atoms with Gasteiger partial charge in [0.2, 0.25) is 0 Å². The fourth-order valence-corrected chi connectivity index (χ4v) is 5.02. The van der Waals surface area contributed by atoms with Crippen LogP contribution in [-0.4, -0.2) is 11.2 Å². The predicted octanol–water partition coefficient (Wildman–Crippen LogP) is 9.89. The Balaban J connectivity index is 0.00000198. The fraction of sp³-hybridized carbons (Fsp3) is 0.273. The van der Waals surface area contributed by atoms with Crippen molar-refractivity contribution in [2.24, 2.45) is 0 Å². The summed E-state index contributed by atoms with van der Waals surface area (Å²) in [6.07, 6.45) is -1.44. The summed E-state index contributed by atoms with van der Waals surface area (Å²) >= 11 is 0. The summed E-state index contributed by atoms with van der Waals surface area (Å²) < 4.78 is 103. The Morgan fingerprint density at radius 1 is 0.619 bits per heavy atom. The normalized spacial score (nSPS) is 16.9. The van der Waals surface area contributed by atoms with E-state index < -0.39 is 46.5 Å². The molecule has 1 saturated carbocycles. The standard InChI is InChI=1S/C31H23F7O2.C2H6/c32-25-13-22(14-26(33)29(25)31(37,38)40-24-15-27(34)30(36)28(35)16-24)21-7-5-18(6-8-21)17-1-3-19(4-2-17)20-9-11-23(39)12-10-20;1-2/h1-8,13-16,20,23,39H,9-12H2;1-2H3. The molecule has 0 heterocycles. The number of hydrogen-bond acceptors (Lipinski definition) is 2. The van der Waals surface area contributed by atoms with Gasteiger partial charge in [-0.2, -0.15) is 8.78 Å². The van der Waals surface area contributed by atoms with E-state index in [1.54, 1.807) is 24.3 Å². The second kappa shape index (κ2) is 13.0. The Hall–Kier alpha value is -3.85. The van der Waals surface area contributed by atoms with Crippen LogP contribution in [0, 0.1) is 29.1 Å². The minimum absolute atomic E-state index is 0.0187. The summed E-state index contributed by atoms with van der Waals surface area (Å²) in [6.45, 7) is 4.00. The highest BCUT2D eigenvalue weighted by molar-refractivity contribution is 5.71. The van der Waals surface area contributed by atoms with E-state index in [1.807, 2.05) is 38.1 Å². The van der Waals surface area contributed by atoms with Gasteiger partial charge in [-0.25, -0.2) is 22.0 Å². The van der Waals surface area contributed by atoms with E-state index in [9.17, 15) is 35.8 Å². The van der Waals surface area contributed by atoms with Crippen molar-refractivity contribution in [1.29, 1.82) is 0 Å². The number of aliphatic hydroxyl groups excluding tert-OH is 1. The zero-order valence-corrected chi connectivity index (χ0v) is 22.9. The molecular formula is C33H29F7O2. The quantitative estimate of drug-likeness (QED) is 0.179. The minimum Gasteiger partial charge on any atom is -0.429 e. The van der Waals surface area contributed by atoms with Gasteiger partial charge in [-0.3, -0.25) is 0 Å². The molecule has 1 aliphatic carbocycles. The van der Waals surface area contributed by atoms with Crippen LogP contribution in [0.3, 0.4) is 0 Å². The SMILES string of the molecule is CC.OC1CCC(c2ccc(-c3ccc(-c4cc(F)c(C(F)(F)Oc5cc(F)c(F)c(F)c5)c(F)c4)cc3)cc2)CC1. The highest BCUT2D eigenvalue weighted by atomic mass is 19.3. The van der Waals surface area contributed by atoms with Gasteiger partial charge < -0.3 is 9.84 Å². The Labute approximate surface area is 239 Å². The van der Waals surface area contributed by atoms with Gasteiger partial charge in [0.25, 0.3) is 0 Å². The monoisotopic (exact) mass is 590 g/mol. The van der Waals surface area contributed by atoms with E-state index in [0.717, 1.165) is 36.8 Å². The molecule has 5 rings (SSSR count). The van der Waals surface area contributed by atoms with Crippen molar-refractivity contribution in [1.82, 2.24) is 0 Å². The highest BCUT2D eigenvalue weighted by Gasteiger charge is 2.41. The highest BCUT2D eigenvalue weighted by Crippen LogP contribution is 2.38. The number of hydrogen-bond donors (Lipinski definition) is 1. The minimum atomic E-state index is -4.66. The lowest BCUT2D eigenvalue weighted by molar-refractivity contribution is -0.189. The molecule has 0 atom stereocenters. The molecule has 0 bridgehead atoms. The summed E-state index contributed by atoms with van der Waals surface area (Å²) in [4.78, 5) is 0. The van der Waals surface area contributed by atoms with E-state index in [2.05, 4.69) is 4.74 Å². The Kier molecular flexibility index (Phi) is 9.61. The number of halogens is 7. The smallest absolute Gasteiger partial charge is 0.429 e. The van der Waals surface area contributed by atoms with Crippen molar-refractivity contribution >= 4 is 0 Å². The van der Waals surface area contributed by atoms with Crippen molar-refractivity contribution in [2.75, 3.05) is 0 Å². The Morgan fingerprint density at radius 2 is 1.05 bits per heavy atom. The van der Waals surface area contributed by atoms with Crippen molar-refractivity contribution in [3.63, 3.8) is 0 Å². The van der Waals surface area contributed by atoms with Gasteiger partial charge in [0.05, 0.1) is 6.10 Å². The lowest BCUT2D eigenvalue weighted by Crippen LogP contribution is -2.25. The topological polar surface area (TPSA) is 29.5 Å². The molecule has 0 saturated heterocycles. The first kappa shape index (κ1) is 31.1. The maximum atomic E-state index is 14.8. The molecule has 0 amide bonds. The largest absolute Gasteiger partial charge is 0.432 e. The van der Waals surface area contributed by atoms with Crippen molar-refractivity contribution < 1.29 is 40.6 Å². The van der Waals surface area contributed by atoms with Crippen LogP contribution in [0.1, 0.15) is 56.6 Å². The summed E-state index contributed by atoms with van der Waals surface area (Å²) in [7, 11) is 0. The predicted molar refractivity (Wildman–Crippen MR) is 147 cm³/mol. The average molecular weight is 591 g/mol. The first-order valence-electron chi connectivity index (χ1n) is 13.6. The second-order valence-electron chi connectivity index (χ2n) is 9.84. The second-order valence-corrected chi connectivity index (χ2v) is 9.84. The Morgan fingerprint density at radius 3 is 1.52 bits per heavy atom.